The van der Waals surface area contributed by atoms with E-state index in [0.717, 1.165) is 0 Å². The number of hydrogen-bond donors (Lipinski definition) is 0. The van der Waals surface area contributed by atoms with Crippen molar-refractivity contribution in [3.05, 3.63) is 52.4 Å². The highest BCUT2D eigenvalue weighted by Gasteiger charge is 2.34. The Morgan fingerprint density at radius 1 is 0.500 bits per heavy atom. The molecular weight excluding hydrogens is 371 g/mol. The highest BCUT2D eigenvalue weighted by atomic mass is 32.2. The van der Waals surface area contributed by atoms with Gasteiger partial charge < -0.3 is 0 Å². The topological polar surface area (TPSA) is 0 Å². The first kappa shape index (κ1) is 18.5. The third-order valence-corrected chi connectivity index (χ3v) is 3.91. The number of hydrogen-bond acceptors (Lipinski definition) is 1. The van der Waals surface area contributed by atoms with Crippen molar-refractivity contribution in [3.8, 4) is 11.1 Å². The van der Waals surface area contributed by atoms with Crippen molar-refractivity contribution in [1.82, 2.24) is 0 Å². The SMILES string of the molecule is CCSc1c(F)c(F)c(-c2c(F)c(F)c(F)c(F)c2F)c(F)c1F. The number of halogens is 9. The fraction of sp³-hybridized carbons (Fsp3) is 0.143. The van der Waals surface area contributed by atoms with Crippen LogP contribution in [0.3, 0.4) is 0 Å². The van der Waals surface area contributed by atoms with Crippen LogP contribution in [-0.4, -0.2) is 5.75 Å². The lowest BCUT2D eigenvalue weighted by Crippen LogP contribution is -2.09. The molecule has 0 unspecified atom stereocenters. The molecule has 10 heteroatoms. The van der Waals surface area contributed by atoms with Crippen LogP contribution in [0.2, 0.25) is 0 Å². The molecule has 0 N–H and O–H groups in total. The molecule has 0 aliphatic heterocycles. The summed E-state index contributed by atoms with van der Waals surface area (Å²) < 4.78 is 122. The van der Waals surface area contributed by atoms with Gasteiger partial charge in [0.25, 0.3) is 0 Å². The average Bonchev–Trinajstić information content (AvgIpc) is 2.56. The molecule has 0 fully saturated rings. The van der Waals surface area contributed by atoms with Crippen LogP contribution in [0, 0.1) is 52.4 Å². The van der Waals surface area contributed by atoms with Gasteiger partial charge in [-0.3, -0.25) is 0 Å². The Hall–Kier alpha value is -1.84. The molecule has 0 radical (unpaired) electrons. The van der Waals surface area contributed by atoms with Gasteiger partial charge in [-0.25, -0.2) is 39.5 Å². The molecule has 0 saturated carbocycles. The van der Waals surface area contributed by atoms with Gasteiger partial charge in [0.15, 0.2) is 46.5 Å². The van der Waals surface area contributed by atoms with Crippen LogP contribution in [0.5, 0.6) is 0 Å². The zero-order chi connectivity index (χ0) is 18.3. The van der Waals surface area contributed by atoms with Gasteiger partial charge in [-0.15, -0.1) is 11.8 Å². The van der Waals surface area contributed by atoms with Gasteiger partial charge in [-0.1, -0.05) is 6.92 Å². The van der Waals surface area contributed by atoms with Crippen molar-refractivity contribution in [2.24, 2.45) is 0 Å². The van der Waals surface area contributed by atoms with E-state index in [1.807, 2.05) is 0 Å². The number of thioether (sulfide) groups is 1. The Labute approximate surface area is 133 Å². The van der Waals surface area contributed by atoms with E-state index in [2.05, 4.69) is 0 Å². The molecule has 0 heterocycles. The maximum absolute atomic E-state index is 14.0. The largest absolute Gasteiger partial charge is 0.203 e. The van der Waals surface area contributed by atoms with Crippen molar-refractivity contribution in [3.63, 3.8) is 0 Å². The molecular formula is C14H5F9S. The molecule has 0 saturated heterocycles. The van der Waals surface area contributed by atoms with Gasteiger partial charge in [0.2, 0.25) is 5.82 Å². The van der Waals surface area contributed by atoms with Crippen LogP contribution < -0.4 is 0 Å². The highest BCUT2D eigenvalue weighted by molar-refractivity contribution is 7.99. The summed E-state index contributed by atoms with van der Waals surface area (Å²) >= 11 is 0.352. The Morgan fingerprint density at radius 2 is 0.792 bits per heavy atom. The molecule has 0 aliphatic rings. The van der Waals surface area contributed by atoms with E-state index in [0.29, 0.717) is 11.8 Å². The quantitative estimate of drug-likeness (QED) is 0.286. The summed E-state index contributed by atoms with van der Waals surface area (Å²) in [6.45, 7) is 1.40. The van der Waals surface area contributed by atoms with E-state index in [-0.39, 0.29) is 5.75 Å². The summed E-state index contributed by atoms with van der Waals surface area (Å²) in [5.41, 5.74) is -4.11. The summed E-state index contributed by atoms with van der Waals surface area (Å²) in [5.74, 6) is -21.4. The van der Waals surface area contributed by atoms with E-state index in [9.17, 15) is 39.5 Å². The van der Waals surface area contributed by atoms with E-state index < -0.39 is 68.4 Å². The van der Waals surface area contributed by atoms with Crippen LogP contribution in [0.15, 0.2) is 4.90 Å². The molecule has 2 aromatic carbocycles. The maximum atomic E-state index is 14.0. The van der Waals surface area contributed by atoms with Crippen LogP contribution >= 0.6 is 11.8 Å². The normalized spacial score (nSPS) is 11.2. The first-order valence-corrected chi connectivity index (χ1v) is 7.14. The lowest BCUT2D eigenvalue weighted by molar-refractivity contribution is 0.378. The second-order valence-corrected chi connectivity index (χ2v) is 5.61. The fourth-order valence-corrected chi connectivity index (χ4v) is 2.65. The minimum atomic E-state index is -2.59. The third kappa shape index (κ3) is 2.62. The maximum Gasteiger partial charge on any atom is 0.200 e. The molecule has 0 bridgehead atoms. The van der Waals surface area contributed by atoms with Gasteiger partial charge >= 0.3 is 0 Å². The summed E-state index contributed by atoms with van der Waals surface area (Å²) in [7, 11) is 0. The summed E-state index contributed by atoms with van der Waals surface area (Å²) in [6, 6.07) is 0. The molecule has 0 nitrogen and oxygen atoms in total. The van der Waals surface area contributed by atoms with Gasteiger partial charge in [0.1, 0.15) is 0 Å². The van der Waals surface area contributed by atoms with Crippen molar-refractivity contribution in [2.45, 2.75) is 11.8 Å². The Kier molecular flexibility index (Phi) is 5.07. The van der Waals surface area contributed by atoms with Gasteiger partial charge in [-0.05, 0) is 5.75 Å². The van der Waals surface area contributed by atoms with Crippen LogP contribution in [0.25, 0.3) is 11.1 Å². The molecule has 130 valence electrons. The van der Waals surface area contributed by atoms with Gasteiger partial charge in [0.05, 0.1) is 16.0 Å². The van der Waals surface area contributed by atoms with Crippen molar-refractivity contribution in [1.29, 1.82) is 0 Å². The Bertz CT molecular complexity index is 774. The number of benzene rings is 2. The molecule has 0 aliphatic carbocycles. The van der Waals surface area contributed by atoms with Crippen LogP contribution in [0.1, 0.15) is 6.92 Å². The molecule has 0 aromatic heterocycles. The molecule has 0 atom stereocenters. The van der Waals surface area contributed by atoms with Gasteiger partial charge in [-0.2, -0.15) is 0 Å². The van der Waals surface area contributed by atoms with E-state index in [4.69, 9.17) is 0 Å². The molecule has 24 heavy (non-hydrogen) atoms. The first-order chi connectivity index (χ1) is 11.1. The summed E-state index contributed by atoms with van der Waals surface area (Å²) in [4.78, 5) is -1.11. The van der Waals surface area contributed by atoms with Crippen molar-refractivity contribution in [2.75, 3.05) is 5.75 Å². The first-order valence-electron chi connectivity index (χ1n) is 6.15. The highest BCUT2D eigenvalue weighted by Crippen LogP contribution is 2.39. The molecule has 2 rings (SSSR count). The number of rotatable bonds is 3. The van der Waals surface area contributed by atoms with Crippen molar-refractivity contribution < 1.29 is 39.5 Å². The Morgan fingerprint density at radius 3 is 1.12 bits per heavy atom. The zero-order valence-electron chi connectivity index (χ0n) is 11.5. The predicted molar refractivity (Wildman–Crippen MR) is 67.9 cm³/mol. The molecule has 0 amide bonds. The lowest BCUT2D eigenvalue weighted by Gasteiger charge is -2.13. The monoisotopic (exact) mass is 376 g/mol. The predicted octanol–water partition coefficient (Wildman–Crippen LogP) is 5.72. The summed E-state index contributed by atoms with van der Waals surface area (Å²) in [5, 5.41) is 0. The minimum absolute atomic E-state index is 0.00536. The van der Waals surface area contributed by atoms with Crippen LogP contribution in [0.4, 0.5) is 39.5 Å². The summed E-state index contributed by atoms with van der Waals surface area (Å²) in [6.07, 6.45) is 0. The Balaban J connectivity index is 2.95. The van der Waals surface area contributed by atoms with Gasteiger partial charge in [0, 0.05) is 0 Å². The van der Waals surface area contributed by atoms with E-state index >= 15 is 0 Å². The second-order valence-electron chi connectivity index (χ2n) is 4.34. The standard InChI is InChI=1S/C14H5F9S/c1-2-24-14-12(22)7(17)4(8(18)13(14)23)3-5(15)9(19)11(21)10(20)6(3)16/h2H2,1H3. The minimum Gasteiger partial charge on any atom is -0.203 e. The van der Waals surface area contributed by atoms with Crippen LogP contribution in [-0.2, 0) is 0 Å². The smallest absolute Gasteiger partial charge is 0.200 e. The average molecular weight is 376 g/mol. The second kappa shape index (κ2) is 6.58. The molecule has 0 spiro atoms. The fourth-order valence-electron chi connectivity index (χ4n) is 1.93. The molecule has 2 aromatic rings. The van der Waals surface area contributed by atoms with E-state index in [1.54, 1.807) is 0 Å². The zero-order valence-corrected chi connectivity index (χ0v) is 12.3. The lowest BCUT2D eigenvalue weighted by atomic mass is 10.0. The third-order valence-electron chi connectivity index (χ3n) is 2.97. The van der Waals surface area contributed by atoms with Crippen molar-refractivity contribution >= 4 is 11.8 Å². The van der Waals surface area contributed by atoms with E-state index in [1.165, 1.54) is 6.92 Å².